The molecule has 1 aliphatic rings. The highest BCUT2D eigenvalue weighted by Crippen LogP contribution is 2.24. The number of thioether (sulfide) groups is 1. The van der Waals surface area contributed by atoms with Gasteiger partial charge in [0.15, 0.2) is 5.16 Å². The number of fused-ring (bicyclic) bond motifs is 1. The summed E-state index contributed by atoms with van der Waals surface area (Å²) in [6.45, 7) is 6.99. The number of hydrogen-bond donors (Lipinski definition) is 1. The van der Waals surface area contributed by atoms with Gasteiger partial charge in [0.25, 0.3) is 0 Å². The molecule has 2 heterocycles. The van der Waals surface area contributed by atoms with Gasteiger partial charge >= 0.3 is 12.2 Å². The molecular formula is C26H32N4O4S. The van der Waals surface area contributed by atoms with Gasteiger partial charge in [-0.2, -0.15) is 0 Å². The molecule has 1 aromatic heterocycles. The summed E-state index contributed by atoms with van der Waals surface area (Å²) in [6, 6.07) is 17.3. The van der Waals surface area contributed by atoms with Crippen LogP contribution in [-0.2, 0) is 16.1 Å². The molecule has 2 amide bonds. The first kappa shape index (κ1) is 24.9. The molecule has 186 valence electrons. The van der Waals surface area contributed by atoms with E-state index in [4.69, 9.17) is 9.47 Å². The summed E-state index contributed by atoms with van der Waals surface area (Å²) in [5.41, 5.74) is 2.27. The van der Waals surface area contributed by atoms with E-state index >= 15 is 0 Å². The standard InChI is InChI=1S/C26H32N4O4S/c1-26(2,3)34-25(32)30-15-14-29(24(31)33-18-19-9-5-4-6-10-19)17-20(30)13-16-35-23-27-21-11-7-8-12-22(21)28-23/h4-12,20H,13-18H2,1-3H3,(H,27,28)/t20-/m1/s1. The number of nitrogens with one attached hydrogen (secondary N) is 1. The van der Waals surface area contributed by atoms with Crippen LogP contribution in [0.5, 0.6) is 0 Å². The average Bonchev–Trinajstić information content (AvgIpc) is 3.25. The lowest BCUT2D eigenvalue weighted by Gasteiger charge is -2.41. The van der Waals surface area contributed by atoms with Gasteiger partial charge in [-0.3, -0.25) is 0 Å². The van der Waals surface area contributed by atoms with Gasteiger partial charge < -0.3 is 24.3 Å². The second kappa shape index (κ2) is 11.0. The van der Waals surface area contributed by atoms with E-state index in [1.165, 1.54) is 0 Å². The fourth-order valence-electron chi connectivity index (χ4n) is 3.93. The zero-order valence-electron chi connectivity index (χ0n) is 20.4. The van der Waals surface area contributed by atoms with Crippen molar-refractivity contribution in [2.45, 2.75) is 50.6 Å². The van der Waals surface area contributed by atoms with Crippen LogP contribution in [0.3, 0.4) is 0 Å². The molecule has 0 aliphatic carbocycles. The Balaban J connectivity index is 1.38. The second-order valence-corrected chi connectivity index (χ2v) is 10.6. The number of hydrogen-bond acceptors (Lipinski definition) is 6. The number of rotatable bonds is 6. The predicted molar refractivity (Wildman–Crippen MR) is 136 cm³/mol. The molecule has 0 spiro atoms. The van der Waals surface area contributed by atoms with Crippen LogP contribution >= 0.6 is 11.8 Å². The molecular weight excluding hydrogens is 464 g/mol. The van der Waals surface area contributed by atoms with Gasteiger partial charge in [-0.25, -0.2) is 14.6 Å². The summed E-state index contributed by atoms with van der Waals surface area (Å²) in [6.07, 6.45) is -0.0372. The van der Waals surface area contributed by atoms with Crippen molar-refractivity contribution in [3.63, 3.8) is 0 Å². The van der Waals surface area contributed by atoms with Crippen LogP contribution in [-0.4, -0.2) is 69.0 Å². The maximum Gasteiger partial charge on any atom is 0.410 e. The van der Waals surface area contributed by atoms with Crippen molar-refractivity contribution in [1.29, 1.82) is 0 Å². The van der Waals surface area contributed by atoms with Crippen molar-refractivity contribution in [2.24, 2.45) is 0 Å². The summed E-state index contributed by atoms with van der Waals surface area (Å²) in [7, 11) is 0. The molecule has 1 fully saturated rings. The number of para-hydroxylation sites is 2. The van der Waals surface area contributed by atoms with Gasteiger partial charge in [0, 0.05) is 25.4 Å². The van der Waals surface area contributed by atoms with E-state index in [2.05, 4.69) is 9.97 Å². The number of ether oxygens (including phenoxy) is 2. The van der Waals surface area contributed by atoms with Crippen molar-refractivity contribution in [2.75, 3.05) is 25.4 Å². The van der Waals surface area contributed by atoms with Crippen LogP contribution in [0.1, 0.15) is 32.8 Å². The number of nitrogens with zero attached hydrogens (tertiary/aromatic N) is 3. The minimum absolute atomic E-state index is 0.181. The summed E-state index contributed by atoms with van der Waals surface area (Å²) in [4.78, 5) is 37.0. The van der Waals surface area contributed by atoms with Crippen molar-refractivity contribution < 1.29 is 19.1 Å². The maximum absolute atomic E-state index is 12.9. The highest BCUT2D eigenvalue weighted by atomic mass is 32.2. The number of amides is 2. The lowest BCUT2D eigenvalue weighted by molar-refractivity contribution is -0.00349. The van der Waals surface area contributed by atoms with Crippen molar-refractivity contribution >= 4 is 35.0 Å². The normalized spacial score (nSPS) is 16.4. The minimum atomic E-state index is -0.587. The van der Waals surface area contributed by atoms with Crippen LogP contribution in [0.4, 0.5) is 9.59 Å². The van der Waals surface area contributed by atoms with Gasteiger partial charge in [0.05, 0.1) is 17.1 Å². The number of H-pyrrole nitrogens is 1. The van der Waals surface area contributed by atoms with Crippen molar-refractivity contribution in [1.82, 2.24) is 19.8 Å². The maximum atomic E-state index is 12.9. The topological polar surface area (TPSA) is 87.8 Å². The third-order valence-electron chi connectivity index (χ3n) is 5.63. The Morgan fingerprint density at radius 1 is 1.06 bits per heavy atom. The Labute approximate surface area is 210 Å². The average molecular weight is 497 g/mol. The molecule has 8 nitrogen and oxygen atoms in total. The van der Waals surface area contributed by atoms with Gasteiger partial charge in [0.1, 0.15) is 12.2 Å². The third kappa shape index (κ3) is 6.91. The molecule has 2 aromatic carbocycles. The molecule has 0 unspecified atom stereocenters. The smallest absolute Gasteiger partial charge is 0.410 e. The minimum Gasteiger partial charge on any atom is -0.445 e. The number of carbonyl (C=O) groups is 2. The van der Waals surface area contributed by atoms with E-state index in [0.717, 1.165) is 27.5 Å². The van der Waals surface area contributed by atoms with E-state index in [9.17, 15) is 9.59 Å². The zero-order valence-corrected chi connectivity index (χ0v) is 21.2. The summed E-state index contributed by atoms with van der Waals surface area (Å²) in [5, 5.41) is 0.838. The van der Waals surface area contributed by atoms with E-state index < -0.39 is 5.60 Å². The summed E-state index contributed by atoms with van der Waals surface area (Å²) >= 11 is 1.60. The van der Waals surface area contributed by atoms with E-state index in [1.54, 1.807) is 21.6 Å². The number of aromatic amines is 1. The number of piperazine rings is 1. The van der Waals surface area contributed by atoms with Crippen LogP contribution in [0, 0.1) is 0 Å². The van der Waals surface area contributed by atoms with Crippen LogP contribution in [0.15, 0.2) is 59.8 Å². The molecule has 1 atom stereocenters. The Hall–Kier alpha value is -3.20. The number of imidazole rings is 1. The first-order valence-electron chi connectivity index (χ1n) is 11.8. The third-order valence-corrected chi connectivity index (χ3v) is 6.54. The number of benzene rings is 2. The molecule has 0 bridgehead atoms. The molecule has 1 N–H and O–H groups in total. The molecule has 3 aromatic rings. The Kier molecular flexibility index (Phi) is 7.85. The monoisotopic (exact) mass is 496 g/mol. The lowest BCUT2D eigenvalue weighted by atomic mass is 10.1. The number of carbonyl (C=O) groups excluding carboxylic acids is 2. The molecule has 1 aliphatic heterocycles. The van der Waals surface area contributed by atoms with Crippen molar-refractivity contribution in [3.05, 3.63) is 60.2 Å². The van der Waals surface area contributed by atoms with Crippen LogP contribution < -0.4 is 0 Å². The van der Waals surface area contributed by atoms with E-state index in [-0.39, 0.29) is 24.8 Å². The first-order chi connectivity index (χ1) is 16.8. The fraction of sp³-hybridized carbons (Fsp3) is 0.423. The van der Waals surface area contributed by atoms with Gasteiger partial charge in [-0.1, -0.05) is 54.2 Å². The Morgan fingerprint density at radius 3 is 2.54 bits per heavy atom. The SMILES string of the molecule is CC(C)(C)OC(=O)N1CCN(C(=O)OCc2ccccc2)C[C@H]1CCSc1nc2ccccc2[nH]1. The fourth-order valence-corrected chi connectivity index (χ4v) is 4.86. The predicted octanol–water partition coefficient (Wildman–Crippen LogP) is 5.30. The molecule has 9 heteroatoms. The van der Waals surface area contributed by atoms with Gasteiger partial charge in [-0.15, -0.1) is 0 Å². The molecule has 0 saturated carbocycles. The Bertz CT molecular complexity index is 1110. The first-order valence-corrected chi connectivity index (χ1v) is 12.8. The quantitative estimate of drug-likeness (QED) is 0.466. The Morgan fingerprint density at radius 2 is 1.80 bits per heavy atom. The highest BCUT2D eigenvalue weighted by Gasteiger charge is 2.35. The summed E-state index contributed by atoms with van der Waals surface area (Å²) < 4.78 is 11.2. The van der Waals surface area contributed by atoms with E-state index in [0.29, 0.717) is 26.1 Å². The van der Waals surface area contributed by atoms with E-state index in [1.807, 2.05) is 75.4 Å². The van der Waals surface area contributed by atoms with Gasteiger partial charge in [0.2, 0.25) is 0 Å². The molecule has 1 saturated heterocycles. The van der Waals surface area contributed by atoms with Crippen molar-refractivity contribution in [3.8, 4) is 0 Å². The molecule has 4 rings (SSSR count). The highest BCUT2D eigenvalue weighted by molar-refractivity contribution is 7.99. The van der Waals surface area contributed by atoms with Crippen LogP contribution in [0.2, 0.25) is 0 Å². The van der Waals surface area contributed by atoms with Crippen LogP contribution in [0.25, 0.3) is 11.0 Å². The molecule has 35 heavy (non-hydrogen) atoms. The number of aromatic nitrogens is 2. The van der Waals surface area contributed by atoms with Gasteiger partial charge in [-0.05, 0) is 44.9 Å². The lowest BCUT2D eigenvalue weighted by Crippen LogP contribution is -2.57. The largest absolute Gasteiger partial charge is 0.445 e. The molecule has 0 radical (unpaired) electrons. The summed E-state index contributed by atoms with van der Waals surface area (Å²) in [5.74, 6) is 0.733. The second-order valence-electron chi connectivity index (χ2n) is 9.51. The zero-order chi connectivity index (χ0) is 24.8.